The van der Waals surface area contributed by atoms with Crippen molar-refractivity contribution in [2.75, 3.05) is 12.3 Å². The molecule has 11 heteroatoms. The molecule has 0 bridgehead atoms. The summed E-state index contributed by atoms with van der Waals surface area (Å²) in [7, 11) is -3.60. The smallest absolute Gasteiger partial charge is 0.308 e. The fourth-order valence-corrected chi connectivity index (χ4v) is 6.56. The number of aryl methyl sites for hydroxylation is 2. The second-order valence-electron chi connectivity index (χ2n) is 7.66. The summed E-state index contributed by atoms with van der Waals surface area (Å²) in [6, 6.07) is 6.57. The van der Waals surface area contributed by atoms with Gasteiger partial charge in [0.25, 0.3) is 10.0 Å². The van der Waals surface area contributed by atoms with Crippen LogP contribution in [0.3, 0.4) is 0 Å². The summed E-state index contributed by atoms with van der Waals surface area (Å²) >= 11 is 1.64. The molecule has 0 amide bonds. The van der Waals surface area contributed by atoms with E-state index in [1.54, 1.807) is 29.5 Å². The van der Waals surface area contributed by atoms with Gasteiger partial charge in [0, 0.05) is 10.4 Å². The molecule has 3 aromatic rings. The molecule has 32 heavy (non-hydrogen) atoms. The Morgan fingerprint density at radius 2 is 2.03 bits per heavy atom. The molecule has 0 radical (unpaired) electrons. The standard InChI is InChI=1S/C21H21N5O4S2/c22-19-18-12-5-1-3-7-14(12)31-21(18)25-16(24-19)11-30-17(27)9-10-23-20-13-6-2-4-8-15(13)32(28,29)26-20/h2,4,6,8H,1,3,5,7,9-11H2,(H,23,26)(H2,22,24,25). The fourth-order valence-electron chi connectivity index (χ4n) is 4.02. The summed E-state index contributed by atoms with van der Waals surface area (Å²) in [5.41, 5.74) is 7.95. The molecule has 166 valence electrons. The van der Waals surface area contributed by atoms with Crippen molar-refractivity contribution in [2.45, 2.75) is 43.6 Å². The van der Waals surface area contributed by atoms with E-state index in [0.717, 1.165) is 29.5 Å². The molecular weight excluding hydrogens is 450 g/mol. The van der Waals surface area contributed by atoms with Gasteiger partial charge in [0.2, 0.25) is 0 Å². The third kappa shape index (κ3) is 3.82. The number of thiophene rings is 1. The number of hydrogen-bond donors (Lipinski definition) is 2. The summed E-state index contributed by atoms with van der Waals surface area (Å²) in [5.74, 6) is 0.553. The van der Waals surface area contributed by atoms with Crippen LogP contribution in [0.4, 0.5) is 5.82 Å². The first-order valence-corrected chi connectivity index (χ1v) is 12.6. The molecule has 0 unspecified atom stereocenters. The van der Waals surface area contributed by atoms with Crippen LogP contribution in [0.15, 0.2) is 34.2 Å². The molecule has 0 atom stereocenters. The highest BCUT2D eigenvalue weighted by Crippen LogP contribution is 2.37. The molecular formula is C21H21N5O4S2. The summed E-state index contributed by atoms with van der Waals surface area (Å²) in [6.45, 7) is 0.0122. The Bertz CT molecular complexity index is 1360. The number of sulfonamides is 1. The van der Waals surface area contributed by atoms with Crippen LogP contribution in [0.2, 0.25) is 0 Å². The van der Waals surface area contributed by atoms with Crippen molar-refractivity contribution in [3.8, 4) is 0 Å². The minimum Gasteiger partial charge on any atom is -0.457 e. The summed E-state index contributed by atoms with van der Waals surface area (Å²) in [5, 5.41) is 0.940. The predicted molar refractivity (Wildman–Crippen MR) is 121 cm³/mol. The number of rotatable bonds is 5. The van der Waals surface area contributed by atoms with E-state index >= 15 is 0 Å². The molecule has 2 aromatic heterocycles. The lowest BCUT2D eigenvalue weighted by Crippen LogP contribution is -2.22. The monoisotopic (exact) mass is 471 g/mol. The van der Waals surface area contributed by atoms with Crippen LogP contribution in [-0.4, -0.2) is 36.7 Å². The highest BCUT2D eigenvalue weighted by molar-refractivity contribution is 7.90. The van der Waals surface area contributed by atoms with Gasteiger partial charge in [-0.2, -0.15) is 0 Å². The molecule has 0 spiro atoms. The normalized spacial score (nSPS) is 17.7. The Hall–Kier alpha value is -3.05. The molecule has 2 aliphatic rings. The first-order chi connectivity index (χ1) is 15.4. The van der Waals surface area contributed by atoms with Gasteiger partial charge < -0.3 is 10.5 Å². The van der Waals surface area contributed by atoms with Crippen molar-refractivity contribution in [3.63, 3.8) is 0 Å². The predicted octanol–water partition coefficient (Wildman–Crippen LogP) is 2.32. The number of carbonyl (C=O) groups excluding carboxylic acids is 1. The van der Waals surface area contributed by atoms with E-state index < -0.39 is 16.0 Å². The van der Waals surface area contributed by atoms with Crippen molar-refractivity contribution in [1.29, 1.82) is 0 Å². The maximum Gasteiger partial charge on any atom is 0.308 e. The number of fused-ring (bicyclic) bond motifs is 4. The van der Waals surface area contributed by atoms with Gasteiger partial charge in [0.05, 0.1) is 23.2 Å². The number of nitrogens with zero attached hydrogens (tertiary/aromatic N) is 3. The quantitative estimate of drug-likeness (QED) is 0.545. The van der Waals surface area contributed by atoms with E-state index in [-0.39, 0.29) is 30.3 Å². The van der Waals surface area contributed by atoms with Crippen LogP contribution in [0.5, 0.6) is 0 Å². The number of nitrogens with one attached hydrogen (secondary N) is 1. The van der Waals surface area contributed by atoms with Gasteiger partial charge >= 0.3 is 5.97 Å². The average Bonchev–Trinajstić information content (AvgIpc) is 3.27. The van der Waals surface area contributed by atoms with Gasteiger partial charge in [-0.25, -0.2) is 18.4 Å². The SMILES string of the molecule is Nc1nc(COC(=O)CCN=C2NS(=O)(=O)c3ccccc32)nc2sc3c(c12)CCCC3. The van der Waals surface area contributed by atoms with Crippen molar-refractivity contribution in [1.82, 2.24) is 14.7 Å². The van der Waals surface area contributed by atoms with Crippen LogP contribution in [0.25, 0.3) is 10.2 Å². The highest BCUT2D eigenvalue weighted by atomic mass is 32.2. The number of esters is 1. The van der Waals surface area contributed by atoms with Gasteiger partial charge in [-0.15, -0.1) is 11.3 Å². The molecule has 3 N–H and O–H groups in total. The number of benzene rings is 1. The molecule has 5 rings (SSSR count). The van der Waals surface area contributed by atoms with E-state index in [1.807, 2.05) is 0 Å². The van der Waals surface area contributed by atoms with E-state index in [0.29, 0.717) is 17.2 Å². The zero-order chi connectivity index (χ0) is 22.3. The van der Waals surface area contributed by atoms with Crippen LogP contribution in [0.1, 0.15) is 41.1 Å². The Labute approximate surface area is 188 Å². The number of nitrogen functional groups attached to an aromatic ring is 1. The van der Waals surface area contributed by atoms with Gasteiger partial charge in [-0.05, 0) is 43.4 Å². The Balaban J connectivity index is 1.22. The van der Waals surface area contributed by atoms with Crippen molar-refractivity contribution >= 4 is 49.2 Å². The molecule has 1 aromatic carbocycles. The topological polar surface area (TPSA) is 137 Å². The summed E-state index contributed by atoms with van der Waals surface area (Å²) in [4.78, 5) is 27.6. The number of nitrogens with two attached hydrogens (primary N) is 1. The zero-order valence-corrected chi connectivity index (χ0v) is 18.8. The zero-order valence-electron chi connectivity index (χ0n) is 17.1. The number of aliphatic imine (C=N–C) groups is 1. The Kier molecular flexibility index (Phi) is 5.30. The number of anilines is 1. The summed E-state index contributed by atoms with van der Waals surface area (Å²) < 4.78 is 31.9. The minimum absolute atomic E-state index is 0.00157. The first kappa shape index (κ1) is 20.8. The second-order valence-corrected chi connectivity index (χ2v) is 10.4. The molecule has 0 saturated heterocycles. The van der Waals surface area contributed by atoms with Crippen LogP contribution < -0.4 is 10.5 Å². The van der Waals surface area contributed by atoms with Gasteiger partial charge in [-0.1, -0.05) is 12.1 Å². The largest absolute Gasteiger partial charge is 0.457 e. The fraction of sp³-hybridized carbons (Fsp3) is 0.333. The Morgan fingerprint density at radius 1 is 1.22 bits per heavy atom. The maximum atomic E-state index is 12.2. The number of ether oxygens (including phenoxy) is 1. The maximum absolute atomic E-state index is 12.2. The molecule has 1 aliphatic heterocycles. The van der Waals surface area contributed by atoms with Gasteiger partial charge in [0.1, 0.15) is 16.5 Å². The molecule has 0 fully saturated rings. The molecule has 9 nitrogen and oxygen atoms in total. The number of hydrogen-bond acceptors (Lipinski definition) is 9. The third-order valence-corrected chi connectivity index (χ3v) is 8.08. The second kappa shape index (κ2) is 8.14. The number of aromatic nitrogens is 2. The van der Waals surface area contributed by atoms with E-state index in [9.17, 15) is 13.2 Å². The van der Waals surface area contributed by atoms with Crippen LogP contribution >= 0.6 is 11.3 Å². The lowest BCUT2D eigenvalue weighted by atomic mass is 9.97. The number of carbonyl (C=O) groups is 1. The van der Waals surface area contributed by atoms with Crippen LogP contribution in [0, 0.1) is 0 Å². The average molecular weight is 472 g/mol. The Morgan fingerprint density at radius 3 is 2.91 bits per heavy atom. The highest BCUT2D eigenvalue weighted by Gasteiger charge is 2.30. The summed E-state index contributed by atoms with van der Waals surface area (Å²) in [6.07, 6.45) is 4.37. The van der Waals surface area contributed by atoms with E-state index in [1.165, 1.54) is 22.9 Å². The minimum atomic E-state index is -3.60. The van der Waals surface area contributed by atoms with E-state index in [2.05, 4.69) is 19.7 Å². The van der Waals surface area contributed by atoms with Crippen molar-refractivity contribution in [2.24, 2.45) is 4.99 Å². The van der Waals surface area contributed by atoms with Crippen LogP contribution in [-0.2, 0) is 39.0 Å². The van der Waals surface area contributed by atoms with Gasteiger partial charge in [0.15, 0.2) is 12.4 Å². The van der Waals surface area contributed by atoms with E-state index in [4.69, 9.17) is 10.5 Å². The molecule has 0 saturated carbocycles. The number of amidine groups is 1. The first-order valence-electron chi connectivity index (χ1n) is 10.3. The lowest BCUT2D eigenvalue weighted by molar-refractivity contribution is -0.144. The van der Waals surface area contributed by atoms with Crippen molar-refractivity contribution in [3.05, 3.63) is 46.1 Å². The molecule has 1 aliphatic carbocycles. The molecule has 3 heterocycles. The lowest BCUT2D eigenvalue weighted by Gasteiger charge is -2.10. The van der Waals surface area contributed by atoms with Gasteiger partial charge in [-0.3, -0.25) is 14.5 Å². The van der Waals surface area contributed by atoms with Crippen molar-refractivity contribution < 1.29 is 17.9 Å². The third-order valence-electron chi connectivity index (χ3n) is 5.50.